The Morgan fingerprint density at radius 3 is 2.86 bits per heavy atom. The number of hydrogen-bond donors (Lipinski definition) is 0. The van der Waals surface area contributed by atoms with Crippen molar-refractivity contribution in [2.45, 2.75) is 25.8 Å². The minimum absolute atomic E-state index is 0.628. The first-order valence-corrected chi connectivity index (χ1v) is 5.76. The van der Waals surface area contributed by atoms with Gasteiger partial charge in [-0.05, 0) is 53.5 Å². The fourth-order valence-corrected chi connectivity index (χ4v) is 2.03. The van der Waals surface area contributed by atoms with Gasteiger partial charge in [0.05, 0.1) is 0 Å². The second kappa shape index (κ2) is 4.89. The molecule has 0 unspecified atom stereocenters. The Balaban J connectivity index is 2.22. The minimum atomic E-state index is -1.41. The molecule has 1 aliphatic heterocycles. The highest BCUT2D eigenvalue weighted by Crippen LogP contribution is 2.15. The summed E-state index contributed by atoms with van der Waals surface area (Å²) < 4.78 is 17.2. The van der Waals surface area contributed by atoms with Crippen molar-refractivity contribution in [2.75, 3.05) is 13.1 Å². The Hall–Kier alpha value is -0.410. The van der Waals surface area contributed by atoms with Crippen molar-refractivity contribution in [1.82, 2.24) is 9.88 Å². The van der Waals surface area contributed by atoms with E-state index in [0.29, 0.717) is 5.56 Å². The highest BCUT2D eigenvalue weighted by atomic mass is 79.9. The van der Waals surface area contributed by atoms with E-state index in [9.17, 15) is 0 Å². The van der Waals surface area contributed by atoms with E-state index in [4.69, 9.17) is 2.74 Å². The Morgan fingerprint density at radius 2 is 2.14 bits per heavy atom. The first kappa shape index (κ1) is 7.83. The van der Waals surface area contributed by atoms with E-state index in [1.807, 2.05) is 11.0 Å². The summed E-state index contributed by atoms with van der Waals surface area (Å²) in [5.41, 5.74) is 0.628. The van der Waals surface area contributed by atoms with Crippen LogP contribution in [0.4, 0.5) is 0 Å². The van der Waals surface area contributed by atoms with E-state index in [2.05, 4.69) is 20.9 Å². The largest absolute Gasteiger partial charge is 0.299 e. The van der Waals surface area contributed by atoms with E-state index >= 15 is 0 Å². The van der Waals surface area contributed by atoms with Gasteiger partial charge in [-0.3, -0.25) is 9.88 Å². The van der Waals surface area contributed by atoms with Gasteiger partial charge in [0.15, 0.2) is 0 Å². The van der Waals surface area contributed by atoms with Crippen LogP contribution in [0.1, 0.15) is 27.6 Å². The quantitative estimate of drug-likeness (QED) is 0.809. The van der Waals surface area contributed by atoms with Crippen LogP contribution in [0, 0.1) is 0 Å². The molecule has 0 saturated carbocycles. The van der Waals surface area contributed by atoms with E-state index in [-0.39, 0.29) is 0 Å². The van der Waals surface area contributed by atoms with Gasteiger partial charge < -0.3 is 0 Å². The molecule has 0 spiro atoms. The lowest BCUT2D eigenvalue weighted by Gasteiger charge is -2.26. The highest BCUT2D eigenvalue weighted by Gasteiger charge is 2.10. The first-order valence-electron chi connectivity index (χ1n) is 5.97. The Bertz CT molecular complexity index is 365. The zero-order valence-corrected chi connectivity index (χ0v) is 9.63. The van der Waals surface area contributed by atoms with Gasteiger partial charge in [0.1, 0.15) is 0 Å². The number of aromatic nitrogens is 1. The van der Waals surface area contributed by atoms with Crippen LogP contribution in [0.3, 0.4) is 0 Å². The molecule has 0 radical (unpaired) electrons. The number of likely N-dealkylation sites (tertiary alicyclic amines) is 1. The summed E-state index contributed by atoms with van der Waals surface area (Å²) in [5, 5.41) is 0. The zero-order chi connectivity index (χ0) is 11.6. The van der Waals surface area contributed by atoms with Crippen molar-refractivity contribution in [2.24, 2.45) is 0 Å². The summed E-state index contributed by atoms with van der Waals surface area (Å²) in [7, 11) is 0. The first-order chi connectivity index (χ1) is 7.60. The maximum Gasteiger partial charge on any atom is 0.0482 e. The molecule has 0 aliphatic carbocycles. The smallest absolute Gasteiger partial charge is 0.0482 e. The lowest BCUT2D eigenvalue weighted by molar-refractivity contribution is 0.220. The second-order valence-electron chi connectivity index (χ2n) is 3.55. The average molecular weight is 257 g/mol. The van der Waals surface area contributed by atoms with Gasteiger partial charge in [0, 0.05) is 26.1 Å². The predicted octanol–water partition coefficient (Wildman–Crippen LogP) is 2.83. The van der Waals surface area contributed by atoms with Gasteiger partial charge in [-0.15, -0.1) is 0 Å². The molecule has 2 nitrogen and oxygen atoms in total. The van der Waals surface area contributed by atoms with Gasteiger partial charge in [-0.1, -0.05) is 6.42 Å². The fraction of sp³-hybridized carbons (Fsp3) is 0.545. The molecule has 1 fully saturated rings. The monoisotopic (exact) mass is 256 g/mol. The van der Waals surface area contributed by atoms with Crippen LogP contribution in [0.15, 0.2) is 22.9 Å². The molecule has 2 rings (SSSR count). The van der Waals surface area contributed by atoms with Crippen LogP contribution < -0.4 is 0 Å². The Morgan fingerprint density at radius 1 is 1.36 bits per heavy atom. The zero-order valence-electron chi connectivity index (χ0n) is 10.0. The fourth-order valence-electron chi connectivity index (χ4n) is 1.66. The number of nitrogens with zero attached hydrogens (tertiary/aromatic N) is 2. The third kappa shape index (κ3) is 2.79. The predicted molar refractivity (Wildman–Crippen MR) is 61.1 cm³/mol. The molecule has 0 N–H and O–H groups in total. The third-order valence-electron chi connectivity index (χ3n) is 2.35. The molecule has 3 heteroatoms. The molecular formula is C11H15BrN2. The molecule has 0 atom stereocenters. The number of rotatable bonds is 2. The van der Waals surface area contributed by atoms with Crippen LogP contribution >= 0.6 is 15.9 Å². The highest BCUT2D eigenvalue weighted by molar-refractivity contribution is 9.10. The lowest BCUT2D eigenvalue weighted by atomic mass is 10.1. The van der Waals surface area contributed by atoms with E-state index < -0.39 is 6.50 Å². The Labute approximate surface area is 96.3 Å². The molecule has 76 valence electrons. The van der Waals surface area contributed by atoms with Crippen molar-refractivity contribution in [3.8, 4) is 0 Å². The van der Waals surface area contributed by atoms with Gasteiger partial charge in [-0.25, -0.2) is 0 Å². The van der Waals surface area contributed by atoms with Gasteiger partial charge >= 0.3 is 0 Å². The molecule has 1 saturated heterocycles. The van der Waals surface area contributed by atoms with E-state index in [1.54, 1.807) is 12.4 Å². The van der Waals surface area contributed by atoms with Crippen LogP contribution in [-0.2, 0) is 6.50 Å². The molecule has 14 heavy (non-hydrogen) atoms. The average Bonchev–Trinajstić information content (AvgIpc) is 2.30. The molecule has 1 aromatic rings. The summed E-state index contributed by atoms with van der Waals surface area (Å²) in [6.45, 7) is 0.260. The number of pyridine rings is 1. The van der Waals surface area contributed by atoms with Crippen molar-refractivity contribution in [3.05, 3.63) is 28.5 Å². The van der Waals surface area contributed by atoms with Crippen LogP contribution in [0.25, 0.3) is 0 Å². The SMILES string of the molecule is [2H]C([2H])(c1cncc(Br)c1)N1CCCCC1. The summed E-state index contributed by atoms with van der Waals surface area (Å²) in [6.07, 6.45) is 6.67. The molecule has 0 bridgehead atoms. The number of piperidine rings is 1. The topological polar surface area (TPSA) is 16.1 Å². The second-order valence-corrected chi connectivity index (χ2v) is 4.47. The van der Waals surface area contributed by atoms with Gasteiger partial charge in [-0.2, -0.15) is 0 Å². The van der Waals surface area contributed by atoms with Gasteiger partial charge in [0.2, 0.25) is 0 Å². The Kier molecular flexibility index (Phi) is 2.74. The van der Waals surface area contributed by atoms with Crippen LogP contribution in [0.2, 0.25) is 0 Å². The summed E-state index contributed by atoms with van der Waals surface area (Å²) in [6, 6.07) is 1.81. The summed E-state index contributed by atoms with van der Waals surface area (Å²) >= 11 is 3.33. The third-order valence-corrected chi connectivity index (χ3v) is 2.78. The lowest BCUT2D eigenvalue weighted by Crippen LogP contribution is -2.29. The van der Waals surface area contributed by atoms with Crippen LogP contribution in [-0.4, -0.2) is 23.0 Å². The number of hydrogen-bond acceptors (Lipinski definition) is 2. The molecule has 0 aromatic carbocycles. The molecule has 2 heterocycles. The molecule has 1 aromatic heterocycles. The van der Waals surface area contributed by atoms with Crippen molar-refractivity contribution >= 4 is 15.9 Å². The van der Waals surface area contributed by atoms with Crippen molar-refractivity contribution < 1.29 is 2.74 Å². The molecule has 0 amide bonds. The maximum absolute atomic E-state index is 8.19. The maximum atomic E-state index is 8.19. The van der Waals surface area contributed by atoms with Crippen molar-refractivity contribution in [1.29, 1.82) is 0 Å². The van der Waals surface area contributed by atoms with Crippen LogP contribution in [0.5, 0.6) is 0 Å². The molecule has 1 aliphatic rings. The van der Waals surface area contributed by atoms with Gasteiger partial charge in [0.25, 0.3) is 0 Å². The molecular weight excluding hydrogens is 240 g/mol. The van der Waals surface area contributed by atoms with Crippen molar-refractivity contribution in [3.63, 3.8) is 0 Å². The normalized spacial score (nSPS) is 21.5. The summed E-state index contributed by atoms with van der Waals surface area (Å²) in [4.78, 5) is 5.93. The standard InChI is InChI=1S/C11H15BrN2/c12-11-6-10(7-13-8-11)9-14-4-2-1-3-5-14/h6-8H,1-5,9H2/i9D2. The van der Waals surface area contributed by atoms with E-state index in [1.165, 1.54) is 6.42 Å². The number of halogens is 1. The summed E-state index contributed by atoms with van der Waals surface area (Å²) in [5.74, 6) is 0. The minimum Gasteiger partial charge on any atom is -0.299 e. The van der Waals surface area contributed by atoms with E-state index in [0.717, 1.165) is 30.4 Å².